The van der Waals surface area contributed by atoms with Gasteiger partial charge in [0.15, 0.2) is 5.65 Å². The number of hydrogen-bond acceptors (Lipinski definition) is 2. The number of rotatable bonds is 1. The lowest BCUT2D eigenvalue weighted by Gasteiger charge is -2.03. The summed E-state index contributed by atoms with van der Waals surface area (Å²) in [6.45, 7) is 4.21. The van der Waals surface area contributed by atoms with Crippen molar-refractivity contribution in [3.8, 4) is 11.3 Å². The molecule has 0 atom stereocenters. The standard InChI is InChI=1S/C14H13N3/c1-10-3-4-11(2)12(7-10)13-9-17-6-5-15-8-14(17)16-13/h3-9H,1-2H3. The predicted molar refractivity (Wildman–Crippen MR) is 67.9 cm³/mol. The van der Waals surface area contributed by atoms with Gasteiger partial charge in [-0.2, -0.15) is 0 Å². The van der Waals surface area contributed by atoms with Crippen molar-refractivity contribution in [3.05, 3.63) is 54.1 Å². The Morgan fingerprint density at radius 2 is 2.06 bits per heavy atom. The molecule has 3 aromatic rings. The molecule has 0 amide bonds. The molecule has 3 heteroatoms. The first-order valence-corrected chi connectivity index (χ1v) is 5.60. The Labute approximate surface area is 99.8 Å². The molecule has 0 N–H and O–H groups in total. The van der Waals surface area contributed by atoms with Crippen LogP contribution in [0.1, 0.15) is 11.1 Å². The summed E-state index contributed by atoms with van der Waals surface area (Å²) in [4.78, 5) is 8.66. The van der Waals surface area contributed by atoms with Crippen molar-refractivity contribution in [2.75, 3.05) is 0 Å². The third-order valence-electron chi connectivity index (χ3n) is 2.93. The molecule has 2 heterocycles. The van der Waals surface area contributed by atoms with E-state index in [-0.39, 0.29) is 0 Å². The summed E-state index contributed by atoms with van der Waals surface area (Å²) >= 11 is 0. The smallest absolute Gasteiger partial charge is 0.155 e. The van der Waals surface area contributed by atoms with E-state index in [2.05, 4.69) is 42.0 Å². The Morgan fingerprint density at radius 1 is 1.18 bits per heavy atom. The lowest BCUT2D eigenvalue weighted by Crippen LogP contribution is -1.84. The fourth-order valence-corrected chi connectivity index (χ4v) is 1.98. The summed E-state index contributed by atoms with van der Waals surface area (Å²) in [7, 11) is 0. The molecule has 0 spiro atoms. The van der Waals surface area contributed by atoms with E-state index in [1.165, 1.54) is 16.7 Å². The molecule has 2 aromatic heterocycles. The van der Waals surface area contributed by atoms with Crippen molar-refractivity contribution in [3.63, 3.8) is 0 Å². The second-order valence-electron chi connectivity index (χ2n) is 4.29. The van der Waals surface area contributed by atoms with Gasteiger partial charge in [-0.3, -0.25) is 4.98 Å². The van der Waals surface area contributed by atoms with E-state index in [1.807, 2.05) is 16.8 Å². The van der Waals surface area contributed by atoms with E-state index in [0.717, 1.165) is 11.3 Å². The van der Waals surface area contributed by atoms with Crippen LogP contribution >= 0.6 is 0 Å². The number of nitrogens with zero attached hydrogens (tertiary/aromatic N) is 3. The molecule has 3 rings (SSSR count). The van der Waals surface area contributed by atoms with E-state index in [9.17, 15) is 0 Å². The minimum atomic E-state index is 0.878. The zero-order valence-electron chi connectivity index (χ0n) is 9.88. The quantitative estimate of drug-likeness (QED) is 0.634. The maximum Gasteiger partial charge on any atom is 0.155 e. The molecular weight excluding hydrogens is 210 g/mol. The molecule has 0 saturated heterocycles. The number of imidazole rings is 1. The highest BCUT2D eigenvalue weighted by atomic mass is 15.0. The Bertz CT molecular complexity index is 650. The van der Waals surface area contributed by atoms with Gasteiger partial charge in [-0.15, -0.1) is 0 Å². The Kier molecular flexibility index (Phi) is 2.18. The van der Waals surface area contributed by atoms with Crippen LogP contribution in [0, 0.1) is 13.8 Å². The van der Waals surface area contributed by atoms with E-state index in [4.69, 9.17) is 0 Å². The zero-order chi connectivity index (χ0) is 11.8. The number of benzene rings is 1. The predicted octanol–water partition coefficient (Wildman–Crippen LogP) is 3.01. The maximum atomic E-state index is 4.59. The summed E-state index contributed by atoms with van der Waals surface area (Å²) in [5, 5.41) is 0. The molecule has 0 bridgehead atoms. The van der Waals surface area contributed by atoms with Crippen molar-refractivity contribution in [2.45, 2.75) is 13.8 Å². The van der Waals surface area contributed by atoms with Crippen LogP contribution in [0.15, 0.2) is 43.0 Å². The molecule has 1 aromatic carbocycles. The number of aryl methyl sites for hydroxylation is 2. The second kappa shape index (κ2) is 3.70. The topological polar surface area (TPSA) is 30.2 Å². The Morgan fingerprint density at radius 3 is 2.88 bits per heavy atom. The normalized spacial score (nSPS) is 10.9. The second-order valence-corrected chi connectivity index (χ2v) is 4.29. The van der Waals surface area contributed by atoms with Gasteiger partial charge in [-0.25, -0.2) is 4.98 Å². The molecule has 0 radical (unpaired) electrons. The zero-order valence-corrected chi connectivity index (χ0v) is 9.88. The molecular formula is C14H13N3. The summed E-state index contributed by atoms with van der Waals surface area (Å²) < 4.78 is 1.99. The largest absolute Gasteiger partial charge is 0.304 e. The van der Waals surface area contributed by atoms with Gasteiger partial charge in [0.25, 0.3) is 0 Å². The van der Waals surface area contributed by atoms with Gasteiger partial charge in [-0.05, 0) is 25.5 Å². The summed E-state index contributed by atoms with van der Waals surface area (Å²) in [6, 6.07) is 6.42. The fraction of sp³-hybridized carbons (Fsp3) is 0.143. The van der Waals surface area contributed by atoms with E-state index in [1.54, 1.807) is 12.4 Å². The van der Waals surface area contributed by atoms with Crippen molar-refractivity contribution in [2.24, 2.45) is 0 Å². The molecule has 0 fully saturated rings. The highest BCUT2D eigenvalue weighted by molar-refractivity contribution is 5.66. The van der Waals surface area contributed by atoms with Gasteiger partial charge in [-0.1, -0.05) is 17.7 Å². The third kappa shape index (κ3) is 1.69. The van der Waals surface area contributed by atoms with E-state index < -0.39 is 0 Å². The molecule has 3 nitrogen and oxygen atoms in total. The monoisotopic (exact) mass is 223 g/mol. The summed E-state index contributed by atoms with van der Waals surface area (Å²) in [6.07, 6.45) is 7.49. The Hall–Kier alpha value is -2.16. The maximum absolute atomic E-state index is 4.59. The van der Waals surface area contributed by atoms with Crippen LogP contribution in [0.5, 0.6) is 0 Å². The molecule has 0 aliphatic rings. The third-order valence-corrected chi connectivity index (χ3v) is 2.93. The minimum Gasteiger partial charge on any atom is -0.304 e. The molecule has 17 heavy (non-hydrogen) atoms. The minimum absolute atomic E-state index is 0.878. The average molecular weight is 223 g/mol. The number of fused-ring (bicyclic) bond motifs is 1. The highest BCUT2D eigenvalue weighted by Gasteiger charge is 2.06. The van der Waals surface area contributed by atoms with Crippen LogP contribution in [0.4, 0.5) is 0 Å². The van der Waals surface area contributed by atoms with Crippen molar-refractivity contribution >= 4 is 5.65 Å². The van der Waals surface area contributed by atoms with Crippen LogP contribution in [0.3, 0.4) is 0 Å². The van der Waals surface area contributed by atoms with Gasteiger partial charge in [0.2, 0.25) is 0 Å². The Balaban J connectivity index is 2.23. The lowest BCUT2D eigenvalue weighted by atomic mass is 10.0. The van der Waals surface area contributed by atoms with Gasteiger partial charge in [0, 0.05) is 24.2 Å². The SMILES string of the molecule is Cc1ccc(C)c(-c2cn3ccncc3n2)c1. The molecule has 84 valence electrons. The van der Waals surface area contributed by atoms with Crippen molar-refractivity contribution < 1.29 is 0 Å². The first-order chi connectivity index (χ1) is 8.24. The molecule has 0 unspecified atom stereocenters. The number of aromatic nitrogens is 3. The highest BCUT2D eigenvalue weighted by Crippen LogP contribution is 2.23. The molecule has 0 aliphatic carbocycles. The van der Waals surface area contributed by atoms with Crippen molar-refractivity contribution in [1.82, 2.24) is 14.4 Å². The van der Waals surface area contributed by atoms with Crippen LogP contribution in [-0.4, -0.2) is 14.4 Å². The van der Waals surface area contributed by atoms with Gasteiger partial charge < -0.3 is 4.40 Å². The van der Waals surface area contributed by atoms with E-state index in [0.29, 0.717) is 0 Å². The first-order valence-electron chi connectivity index (χ1n) is 5.60. The van der Waals surface area contributed by atoms with Crippen LogP contribution < -0.4 is 0 Å². The fourth-order valence-electron chi connectivity index (χ4n) is 1.98. The summed E-state index contributed by atoms with van der Waals surface area (Å²) in [5.74, 6) is 0. The van der Waals surface area contributed by atoms with Gasteiger partial charge in [0.1, 0.15) is 0 Å². The molecule has 0 saturated carbocycles. The van der Waals surface area contributed by atoms with Crippen LogP contribution in [0.2, 0.25) is 0 Å². The average Bonchev–Trinajstić information content (AvgIpc) is 2.75. The van der Waals surface area contributed by atoms with Crippen LogP contribution in [0.25, 0.3) is 16.9 Å². The first kappa shape index (κ1) is 10.0. The van der Waals surface area contributed by atoms with Gasteiger partial charge in [0.05, 0.1) is 11.9 Å². The summed E-state index contributed by atoms with van der Waals surface area (Å²) in [5.41, 5.74) is 5.56. The number of hydrogen-bond donors (Lipinski definition) is 0. The molecule has 0 aliphatic heterocycles. The van der Waals surface area contributed by atoms with Crippen molar-refractivity contribution in [1.29, 1.82) is 0 Å². The van der Waals surface area contributed by atoms with E-state index >= 15 is 0 Å². The lowest BCUT2D eigenvalue weighted by molar-refractivity contribution is 1.13. The van der Waals surface area contributed by atoms with Gasteiger partial charge >= 0.3 is 0 Å². The van der Waals surface area contributed by atoms with Crippen LogP contribution in [-0.2, 0) is 0 Å².